The minimum absolute atomic E-state index is 0.144. The van der Waals surface area contributed by atoms with E-state index in [1.165, 1.54) is 0 Å². The first-order valence-corrected chi connectivity index (χ1v) is 11.1. The van der Waals surface area contributed by atoms with Gasteiger partial charge < -0.3 is 33.9 Å². The zero-order valence-electron chi connectivity index (χ0n) is 20.3. The van der Waals surface area contributed by atoms with Crippen molar-refractivity contribution in [2.24, 2.45) is 5.92 Å². The van der Waals surface area contributed by atoms with E-state index in [9.17, 15) is 5.11 Å². The number of ether oxygens (including phenoxy) is 4. The van der Waals surface area contributed by atoms with Crippen molar-refractivity contribution in [1.82, 2.24) is 15.5 Å². The van der Waals surface area contributed by atoms with Gasteiger partial charge in [0.25, 0.3) is 0 Å². The maximum absolute atomic E-state index is 10.4. The molecule has 0 saturated heterocycles. The molecule has 0 radical (unpaired) electrons. The predicted molar refractivity (Wildman–Crippen MR) is 127 cm³/mol. The Morgan fingerprint density at radius 2 is 1.68 bits per heavy atom. The molecule has 9 heteroatoms. The number of methoxy groups -OCH3 is 3. The number of hydrogen-bond donors (Lipinski definition) is 2. The Bertz CT molecular complexity index is 999. The summed E-state index contributed by atoms with van der Waals surface area (Å²) in [6, 6.07) is 13.1. The molecule has 0 aliphatic carbocycles. The summed E-state index contributed by atoms with van der Waals surface area (Å²) in [4.78, 5) is 4.58. The molecule has 2 aromatic carbocycles. The van der Waals surface area contributed by atoms with Crippen LogP contribution in [0, 0.1) is 5.92 Å². The van der Waals surface area contributed by atoms with E-state index in [0.29, 0.717) is 47.7 Å². The van der Waals surface area contributed by atoms with Crippen LogP contribution < -0.4 is 19.5 Å². The quantitative estimate of drug-likeness (QED) is 0.386. The van der Waals surface area contributed by atoms with E-state index in [4.69, 9.17) is 23.5 Å². The number of nitrogens with one attached hydrogen (secondary N) is 1. The molecule has 2 N–H and O–H groups in total. The fraction of sp³-hybridized carbons (Fsp3) is 0.440. The van der Waals surface area contributed by atoms with Crippen LogP contribution in [0.3, 0.4) is 0 Å². The van der Waals surface area contributed by atoms with Gasteiger partial charge in [-0.2, -0.15) is 4.98 Å². The lowest BCUT2D eigenvalue weighted by Crippen LogP contribution is -2.35. The zero-order chi connectivity index (χ0) is 24.5. The summed E-state index contributed by atoms with van der Waals surface area (Å²) in [5.74, 6) is 2.46. The first-order chi connectivity index (χ1) is 16.5. The van der Waals surface area contributed by atoms with Gasteiger partial charge in [0.15, 0.2) is 11.5 Å². The van der Waals surface area contributed by atoms with E-state index in [-0.39, 0.29) is 18.6 Å². The second-order valence-electron chi connectivity index (χ2n) is 8.15. The lowest BCUT2D eigenvalue weighted by atomic mass is 10.0. The molecule has 34 heavy (non-hydrogen) atoms. The molecule has 0 spiro atoms. The van der Waals surface area contributed by atoms with Crippen LogP contribution in [-0.2, 0) is 11.3 Å². The van der Waals surface area contributed by atoms with Crippen molar-refractivity contribution in [3.63, 3.8) is 0 Å². The summed E-state index contributed by atoms with van der Waals surface area (Å²) >= 11 is 0. The first kappa shape index (κ1) is 25.5. The number of nitrogens with zero attached hydrogens (tertiary/aromatic N) is 2. The summed E-state index contributed by atoms with van der Waals surface area (Å²) in [6.07, 6.45) is -0.678. The molecule has 0 aliphatic rings. The third-order valence-electron chi connectivity index (χ3n) is 5.29. The maximum atomic E-state index is 10.4. The largest absolute Gasteiger partial charge is 0.493 e. The Hall–Kier alpha value is -3.14. The third-order valence-corrected chi connectivity index (χ3v) is 5.29. The monoisotopic (exact) mass is 471 g/mol. The molecular formula is C25H33N3O6. The fourth-order valence-corrected chi connectivity index (χ4v) is 3.51. The number of benzene rings is 2. The van der Waals surface area contributed by atoms with Gasteiger partial charge >= 0.3 is 0 Å². The molecule has 9 nitrogen and oxygen atoms in total. The molecule has 1 aromatic heterocycles. The van der Waals surface area contributed by atoms with E-state index in [1.54, 1.807) is 33.5 Å². The van der Waals surface area contributed by atoms with Gasteiger partial charge in [-0.3, -0.25) is 0 Å². The Kier molecular flexibility index (Phi) is 9.26. The molecule has 1 heterocycles. The standard InChI is InChI=1S/C25H33N3O6/c1-16(2)22(26-13-19(29)15-33-14-17-9-7-6-8-10-17)25-27-24(28-34-25)18-11-20(30-3)23(32-5)21(12-18)31-4/h6-12,16,19,22,26,29H,13-15H2,1-5H3. The van der Waals surface area contributed by atoms with Crippen molar-refractivity contribution in [3.8, 4) is 28.6 Å². The van der Waals surface area contributed by atoms with Crippen molar-refractivity contribution in [2.45, 2.75) is 32.6 Å². The molecule has 0 aliphatic heterocycles. The van der Waals surface area contributed by atoms with E-state index >= 15 is 0 Å². The average molecular weight is 472 g/mol. The number of aliphatic hydroxyl groups is 1. The van der Waals surface area contributed by atoms with Crippen molar-refractivity contribution in [3.05, 3.63) is 53.9 Å². The van der Waals surface area contributed by atoms with Gasteiger partial charge in [-0.05, 0) is 23.6 Å². The third kappa shape index (κ3) is 6.47. The molecule has 3 rings (SSSR count). The van der Waals surface area contributed by atoms with Gasteiger partial charge in [0, 0.05) is 12.1 Å². The minimum Gasteiger partial charge on any atom is -0.493 e. The number of aromatic nitrogens is 2. The van der Waals surface area contributed by atoms with Crippen molar-refractivity contribution < 1.29 is 28.6 Å². The van der Waals surface area contributed by atoms with Crippen LogP contribution in [0.15, 0.2) is 47.0 Å². The van der Waals surface area contributed by atoms with Gasteiger partial charge in [0.05, 0.1) is 46.7 Å². The molecular weight excluding hydrogens is 438 g/mol. The average Bonchev–Trinajstić information content (AvgIpc) is 3.33. The second kappa shape index (κ2) is 12.4. The first-order valence-electron chi connectivity index (χ1n) is 11.1. The van der Waals surface area contributed by atoms with Crippen molar-refractivity contribution >= 4 is 0 Å². The van der Waals surface area contributed by atoms with Crippen molar-refractivity contribution in [1.29, 1.82) is 0 Å². The van der Waals surface area contributed by atoms with Crippen LogP contribution in [0.4, 0.5) is 0 Å². The van der Waals surface area contributed by atoms with Crippen LogP contribution in [0.5, 0.6) is 17.2 Å². The second-order valence-corrected chi connectivity index (χ2v) is 8.15. The topological polar surface area (TPSA) is 108 Å². The van der Waals surface area contributed by atoms with Gasteiger partial charge in [-0.15, -0.1) is 0 Å². The van der Waals surface area contributed by atoms with Crippen LogP contribution in [0.1, 0.15) is 31.3 Å². The summed E-state index contributed by atoms with van der Waals surface area (Å²) in [5, 5.41) is 17.8. The number of aliphatic hydroxyl groups excluding tert-OH is 1. The fourth-order valence-electron chi connectivity index (χ4n) is 3.51. The number of hydrogen-bond acceptors (Lipinski definition) is 9. The normalized spacial score (nSPS) is 13.0. The lowest BCUT2D eigenvalue weighted by Gasteiger charge is -2.20. The number of rotatable bonds is 13. The molecule has 0 amide bonds. The molecule has 3 aromatic rings. The summed E-state index contributed by atoms with van der Waals surface area (Å²) < 4.78 is 27.4. The van der Waals surface area contributed by atoms with Crippen LogP contribution in [0.2, 0.25) is 0 Å². The van der Waals surface area contributed by atoms with Crippen LogP contribution in [0.25, 0.3) is 11.4 Å². The summed E-state index contributed by atoms with van der Waals surface area (Å²) in [7, 11) is 4.65. The minimum atomic E-state index is -0.678. The molecule has 2 unspecified atom stereocenters. The summed E-state index contributed by atoms with van der Waals surface area (Å²) in [5.41, 5.74) is 1.73. The van der Waals surface area contributed by atoms with E-state index in [2.05, 4.69) is 15.5 Å². The molecule has 0 saturated carbocycles. The Balaban J connectivity index is 1.64. The highest BCUT2D eigenvalue weighted by atomic mass is 16.5. The molecule has 0 fully saturated rings. The Labute approximate surface area is 200 Å². The SMILES string of the molecule is COc1cc(-c2noc(C(NCC(O)COCc3ccccc3)C(C)C)n2)cc(OC)c1OC. The lowest BCUT2D eigenvalue weighted by molar-refractivity contribution is 0.0262. The van der Waals surface area contributed by atoms with E-state index < -0.39 is 6.10 Å². The molecule has 0 bridgehead atoms. The van der Waals surface area contributed by atoms with Gasteiger partial charge in [-0.1, -0.05) is 49.3 Å². The van der Waals surface area contributed by atoms with Crippen LogP contribution >= 0.6 is 0 Å². The highest BCUT2D eigenvalue weighted by molar-refractivity contribution is 5.66. The van der Waals surface area contributed by atoms with E-state index in [0.717, 1.165) is 5.56 Å². The van der Waals surface area contributed by atoms with Gasteiger partial charge in [0.1, 0.15) is 0 Å². The van der Waals surface area contributed by atoms with Crippen molar-refractivity contribution in [2.75, 3.05) is 34.5 Å². The van der Waals surface area contributed by atoms with Gasteiger partial charge in [-0.25, -0.2) is 0 Å². The maximum Gasteiger partial charge on any atom is 0.244 e. The highest BCUT2D eigenvalue weighted by Gasteiger charge is 2.24. The molecule has 184 valence electrons. The predicted octanol–water partition coefficient (Wildman–Crippen LogP) is 3.63. The zero-order valence-corrected chi connectivity index (χ0v) is 20.3. The smallest absolute Gasteiger partial charge is 0.244 e. The van der Waals surface area contributed by atoms with Gasteiger partial charge in [0.2, 0.25) is 17.5 Å². The van der Waals surface area contributed by atoms with Crippen LogP contribution in [-0.4, -0.2) is 55.8 Å². The summed E-state index contributed by atoms with van der Waals surface area (Å²) in [6.45, 7) is 5.07. The highest BCUT2D eigenvalue weighted by Crippen LogP contribution is 2.40. The Morgan fingerprint density at radius 1 is 1.00 bits per heavy atom. The Morgan fingerprint density at radius 3 is 2.26 bits per heavy atom. The molecule has 2 atom stereocenters. The van der Waals surface area contributed by atoms with E-state index in [1.807, 2.05) is 44.2 Å².